The largest absolute Gasteiger partial charge is 0.464 e. The Labute approximate surface area is 169 Å². The molecule has 0 N–H and O–H groups in total. The summed E-state index contributed by atoms with van der Waals surface area (Å²) in [5, 5.41) is 0.716. The topological polar surface area (TPSA) is 56.5 Å². The standard InChI is InChI=1S/C17H12O4.K/c1-11(18)21-14-9-13-7-8-20-17(13)15(10-14)16(19)12-5-3-2-4-6-12;/h2-10H,1H3;. The maximum absolute atomic E-state index is 12.6. The SMILES string of the molecule is CC(=O)Oc1cc(C(=O)c2ccccc2)c2occc2c1.[K]. The fraction of sp³-hybridized carbons (Fsp3) is 0.0588. The molecule has 4 nitrogen and oxygen atoms in total. The Morgan fingerprint density at radius 1 is 1.05 bits per heavy atom. The van der Waals surface area contributed by atoms with E-state index in [0.29, 0.717) is 27.8 Å². The number of furan rings is 1. The second-order valence-electron chi connectivity index (χ2n) is 4.60. The summed E-state index contributed by atoms with van der Waals surface area (Å²) in [6, 6.07) is 13.8. The zero-order chi connectivity index (χ0) is 14.8. The smallest absolute Gasteiger partial charge is 0.308 e. The Bertz CT molecular complexity index is 821. The summed E-state index contributed by atoms with van der Waals surface area (Å²) in [6.45, 7) is 1.32. The molecular weight excluding hydrogens is 307 g/mol. The first-order valence-electron chi connectivity index (χ1n) is 6.44. The predicted octanol–water partition coefficient (Wildman–Crippen LogP) is 3.21. The van der Waals surface area contributed by atoms with Crippen LogP contribution in [0.2, 0.25) is 0 Å². The molecule has 0 spiro atoms. The molecule has 22 heavy (non-hydrogen) atoms. The second-order valence-corrected chi connectivity index (χ2v) is 4.60. The molecule has 5 heteroatoms. The molecule has 0 aliphatic carbocycles. The zero-order valence-electron chi connectivity index (χ0n) is 12.3. The Morgan fingerprint density at radius 2 is 1.77 bits per heavy atom. The first kappa shape index (κ1) is 17.1. The number of ether oxygens (including phenoxy) is 1. The Kier molecular flexibility index (Phi) is 5.72. The summed E-state index contributed by atoms with van der Waals surface area (Å²) in [5.41, 5.74) is 1.41. The van der Waals surface area contributed by atoms with E-state index in [1.807, 2.05) is 6.07 Å². The van der Waals surface area contributed by atoms with Crippen molar-refractivity contribution in [3.63, 3.8) is 0 Å². The summed E-state index contributed by atoms with van der Waals surface area (Å²) in [4.78, 5) is 23.7. The van der Waals surface area contributed by atoms with Crippen molar-refractivity contribution in [2.75, 3.05) is 0 Å². The normalized spacial score (nSPS) is 10.0. The van der Waals surface area contributed by atoms with Crippen molar-refractivity contribution in [3.05, 3.63) is 65.9 Å². The van der Waals surface area contributed by atoms with Gasteiger partial charge in [0.05, 0.1) is 11.8 Å². The maximum Gasteiger partial charge on any atom is 0.308 e. The molecule has 0 aliphatic rings. The number of hydrogen-bond acceptors (Lipinski definition) is 4. The van der Waals surface area contributed by atoms with Crippen LogP contribution in [0.1, 0.15) is 22.8 Å². The molecule has 0 fully saturated rings. The number of benzene rings is 2. The Hall–Kier alpha value is -1.24. The fourth-order valence-corrected chi connectivity index (χ4v) is 2.19. The van der Waals surface area contributed by atoms with Crippen molar-refractivity contribution in [2.45, 2.75) is 6.92 Å². The second kappa shape index (κ2) is 7.35. The molecule has 2 aromatic carbocycles. The average molecular weight is 319 g/mol. The van der Waals surface area contributed by atoms with E-state index in [1.54, 1.807) is 36.4 Å². The van der Waals surface area contributed by atoms with E-state index in [1.165, 1.54) is 19.3 Å². The first-order valence-corrected chi connectivity index (χ1v) is 6.44. The van der Waals surface area contributed by atoms with Gasteiger partial charge in [-0.25, -0.2) is 0 Å². The summed E-state index contributed by atoms with van der Waals surface area (Å²) in [7, 11) is 0. The number of esters is 1. The molecule has 0 amide bonds. The van der Waals surface area contributed by atoms with Gasteiger partial charge in [-0.1, -0.05) is 30.3 Å². The molecule has 1 aromatic heterocycles. The van der Waals surface area contributed by atoms with Crippen molar-refractivity contribution >= 4 is 74.1 Å². The Morgan fingerprint density at radius 3 is 2.45 bits per heavy atom. The van der Waals surface area contributed by atoms with Crippen LogP contribution in [-0.4, -0.2) is 63.1 Å². The zero-order valence-corrected chi connectivity index (χ0v) is 15.5. The predicted molar refractivity (Wildman–Crippen MR) is 83.2 cm³/mol. The van der Waals surface area contributed by atoms with E-state index in [4.69, 9.17) is 9.15 Å². The number of hydrogen-bond donors (Lipinski definition) is 0. The molecule has 0 atom stereocenters. The van der Waals surface area contributed by atoms with Crippen LogP contribution in [0.3, 0.4) is 0 Å². The van der Waals surface area contributed by atoms with Crippen molar-refractivity contribution in [3.8, 4) is 5.75 Å². The molecule has 1 radical (unpaired) electrons. The van der Waals surface area contributed by atoms with Gasteiger partial charge >= 0.3 is 5.97 Å². The molecule has 1 heterocycles. The van der Waals surface area contributed by atoms with E-state index in [-0.39, 0.29) is 57.2 Å². The van der Waals surface area contributed by atoms with Gasteiger partial charge < -0.3 is 9.15 Å². The molecule has 0 bridgehead atoms. The number of rotatable bonds is 3. The van der Waals surface area contributed by atoms with Crippen molar-refractivity contribution in [2.24, 2.45) is 0 Å². The van der Waals surface area contributed by atoms with Crippen molar-refractivity contribution in [1.82, 2.24) is 0 Å². The fourth-order valence-electron chi connectivity index (χ4n) is 2.19. The molecule has 3 rings (SSSR count). The molecule has 0 aliphatic heterocycles. The van der Waals surface area contributed by atoms with Crippen molar-refractivity contribution in [1.29, 1.82) is 0 Å². The minimum Gasteiger partial charge on any atom is -0.464 e. The molecule has 3 aromatic rings. The van der Waals surface area contributed by atoms with Crippen LogP contribution in [-0.2, 0) is 4.79 Å². The van der Waals surface area contributed by atoms with E-state index < -0.39 is 5.97 Å². The third kappa shape index (κ3) is 3.56. The van der Waals surface area contributed by atoms with E-state index in [9.17, 15) is 9.59 Å². The number of carbonyl (C=O) groups excluding carboxylic acids is 2. The van der Waals surface area contributed by atoms with Crippen LogP contribution < -0.4 is 4.74 Å². The molecule has 0 unspecified atom stereocenters. The monoisotopic (exact) mass is 319 g/mol. The van der Waals surface area contributed by atoms with Crippen molar-refractivity contribution < 1.29 is 18.7 Å². The van der Waals surface area contributed by atoms with Gasteiger partial charge in [0.2, 0.25) is 0 Å². The van der Waals surface area contributed by atoms with Gasteiger partial charge in [0.1, 0.15) is 11.3 Å². The van der Waals surface area contributed by atoms with Gasteiger partial charge in [-0.2, -0.15) is 0 Å². The van der Waals surface area contributed by atoms with E-state index in [2.05, 4.69) is 0 Å². The van der Waals surface area contributed by atoms with Crippen LogP contribution >= 0.6 is 0 Å². The number of carbonyl (C=O) groups is 2. The molecule has 0 saturated heterocycles. The van der Waals surface area contributed by atoms with E-state index in [0.717, 1.165) is 0 Å². The van der Waals surface area contributed by atoms with Gasteiger partial charge in [0.25, 0.3) is 0 Å². The minimum atomic E-state index is -0.434. The summed E-state index contributed by atoms with van der Waals surface area (Å²) in [6.07, 6.45) is 1.50. The molecular formula is C17H12KO4. The third-order valence-corrected chi connectivity index (χ3v) is 3.07. The quantitative estimate of drug-likeness (QED) is 0.322. The minimum absolute atomic E-state index is 0. The van der Waals surface area contributed by atoms with Gasteiger partial charge in [-0.15, -0.1) is 0 Å². The molecule has 105 valence electrons. The summed E-state index contributed by atoms with van der Waals surface area (Å²) in [5.74, 6) is -0.281. The number of fused-ring (bicyclic) bond motifs is 1. The number of ketones is 1. The molecule has 0 saturated carbocycles. The first-order chi connectivity index (χ1) is 10.1. The van der Waals surface area contributed by atoms with Gasteiger partial charge in [-0.05, 0) is 18.2 Å². The van der Waals surface area contributed by atoms with Gasteiger partial charge in [0.15, 0.2) is 5.78 Å². The van der Waals surface area contributed by atoms with Crippen LogP contribution in [0.5, 0.6) is 5.75 Å². The van der Waals surface area contributed by atoms with Gasteiger partial charge in [0, 0.05) is 69.3 Å². The van der Waals surface area contributed by atoms with E-state index >= 15 is 0 Å². The maximum atomic E-state index is 12.6. The van der Waals surface area contributed by atoms with Crippen LogP contribution in [0.4, 0.5) is 0 Å². The average Bonchev–Trinajstić information content (AvgIpc) is 2.94. The van der Waals surface area contributed by atoms with Crippen LogP contribution in [0.15, 0.2) is 59.2 Å². The Balaban J connectivity index is 0.00000176. The van der Waals surface area contributed by atoms with Crippen LogP contribution in [0.25, 0.3) is 11.0 Å². The van der Waals surface area contributed by atoms with Crippen LogP contribution in [0, 0.1) is 0 Å². The third-order valence-electron chi connectivity index (χ3n) is 3.07. The summed E-state index contributed by atoms with van der Waals surface area (Å²) < 4.78 is 10.5. The summed E-state index contributed by atoms with van der Waals surface area (Å²) >= 11 is 0. The van der Waals surface area contributed by atoms with Gasteiger partial charge in [-0.3, -0.25) is 9.59 Å².